The van der Waals surface area contributed by atoms with E-state index in [1.54, 1.807) is 0 Å². The van der Waals surface area contributed by atoms with E-state index in [4.69, 9.17) is 0 Å². The number of hydrogen-bond donors (Lipinski definition) is 2. The van der Waals surface area contributed by atoms with Crippen LogP contribution in [0.1, 0.15) is 92.4 Å². The molecule has 4 aliphatic rings. The largest absolute Gasteiger partial charge is 0.481 e. The fraction of sp³-hybridized carbons (Fsp3) is 0.926. The molecule has 0 aliphatic heterocycles. The average molecular weight is 433 g/mol. The first-order chi connectivity index (χ1) is 14.5. The summed E-state index contributed by atoms with van der Waals surface area (Å²) < 4.78 is 0. The van der Waals surface area contributed by atoms with Crippen LogP contribution in [0.3, 0.4) is 0 Å². The van der Waals surface area contributed by atoms with Crippen molar-refractivity contribution in [1.29, 1.82) is 0 Å². The summed E-state index contributed by atoms with van der Waals surface area (Å²) in [5, 5.41) is 19.8. The van der Waals surface area contributed by atoms with Gasteiger partial charge in [0.25, 0.3) is 0 Å². The van der Waals surface area contributed by atoms with Gasteiger partial charge in [-0.1, -0.05) is 34.6 Å². The Hall–Kier alpha value is -0.900. The molecule has 4 saturated carbocycles. The summed E-state index contributed by atoms with van der Waals surface area (Å²) in [7, 11) is 0. The van der Waals surface area contributed by atoms with Gasteiger partial charge in [-0.15, -0.1) is 0 Å². The van der Waals surface area contributed by atoms with Gasteiger partial charge in [-0.25, -0.2) is 0 Å². The zero-order valence-corrected chi connectivity index (χ0v) is 20.3. The second kappa shape index (κ2) is 8.15. The molecule has 0 spiro atoms. The molecule has 4 nitrogen and oxygen atoms in total. The molecule has 4 fully saturated rings. The zero-order valence-electron chi connectivity index (χ0n) is 20.3. The SMILES string of the molecule is CC[C@H]1C(=O)[C@@H]2[C@H](CC[C@]3(C)[C@@H]([C@H](C)CC(C)C(=O)O)CC[C@@H]23)[C@@]2(C)CC[C@H](O)C[C@@H]12. The number of rotatable bonds is 5. The molecular formula is C27H44O4. The Bertz CT molecular complexity index is 718. The molecule has 0 amide bonds. The Balaban J connectivity index is 1.62. The lowest BCUT2D eigenvalue weighted by molar-refractivity contribution is -0.173. The van der Waals surface area contributed by atoms with E-state index in [1.165, 1.54) is 6.42 Å². The van der Waals surface area contributed by atoms with E-state index in [0.29, 0.717) is 35.4 Å². The van der Waals surface area contributed by atoms with Crippen molar-refractivity contribution in [2.75, 3.05) is 0 Å². The van der Waals surface area contributed by atoms with Gasteiger partial charge < -0.3 is 10.2 Å². The number of aliphatic hydroxyl groups is 1. The molecule has 0 saturated heterocycles. The lowest BCUT2D eigenvalue weighted by Crippen LogP contribution is -2.60. The van der Waals surface area contributed by atoms with Crippen LogP contribution in [0.4, 0.5) is 0 Å². The molecule has 0 aromatic carbocycles. The maximum Gasteiger partial charge on any atom is 0.306 e. The first-order valence-electron chi connectivity index (χ1n) is 13.0. The molecule has 2 N–H and O–H groups in total. The highest BCUT2D eigenvalue weighted by molar-refractivity contribution is 5.86. The third-order valence-electron chi connectivity index (χ3n) is 11.0. The van der Waals surface area contributed by atoms with Crippen molar-refractivity contribution in [3.8, 4) is 0 Å². The number of carboxylic acid groups (broad SMARTS) is 1. The summed E-state index contributed by atoms with van der Waals surface area (Å²) in [6, 6.07) is 0. The zero-order chi connectivity index (χ0) is 22.7. The minimum absolute atomic E-state index is 0.104. The Morgan fingerprint density at radius 1 is 1.03 bits per heavy atom. The van der Waals surface area contributed by atoms with Crippen LogP contribution in [0.5, 0.6) is 0 Å². The summed E-state index contributed by atoms with van der Waals surface area (Å²) in [6.45, 7) is 11.1. The predicted octanol–water partition coefficient (Wildman–Crippen LogP) is 5.57. The van der Waals surface area contributed by atoms with Crippen LogP contribution in [0.25, 0.3) is 0 Å². The van der Waals surface area contributed by atoms with Crippen LogP contribution < -0.4 is 0 Å². The smallest absolute Gasteiger partial charge is 0.306 e. The third-order valence-corrected chi connectivity index (χ3v) is 11.0. The summed E-state index contributed by atoms with van der Waals surface area (Å²) in [5.41, 5.74) is 0.339. The van der Waals surface area contributed by atoms with Gasteiger partial charge in [0.1, 0.15) is 5.78 Å². The standard InChI is InChI=1S/C27H44O4/c1-6-18-22-14-17(28)9-11-27(22,5)21-10-12-26(4)19(15(2)13-16(3)25(30)31)7-8-20(26)23(21)24(18)29/h15-23,28H,6-14H2,1-5H3,(H,30,31)/t15-,16?,17+,18-,19-,20+,21+,22+,23+,26-,27-/m1/s1. The van der Waals surface area contributed by atoms with E-state index in [-0.39, 0.29) is 34.7 Å². The van der Waals surface area contributed by atoms with Gasteiger partial charge in [0.15, 0.2) is 0 Å². The minimum atomic E-state index is -0.693. The number of fused-ring (bicyclic) bond motifs is 5. The van der Waals surface area contributed by atoms with Crippen LogP contribution in [0, 0.1) is 58.2 Å². The second-order valence-corrected chi connectivity index (χ2v) is 12.4. The maximum absolute atomic E-state index is 14.0. The molecule has 1 unspecified atom stereocenters. The van der Waals surface area contributed by atoms with E-state index in [0.717, 1.165) is 51.4 Å². The number of carbonyl (C=O) groups is 2. The van der Waals surface area contributed by atoms with Gasteiger partial charge in [-0.3, -0.25) is 9.59 Å². The van der Waals surface area contributed by atoms with Gasteiger partial charge in [0, 0.05) is 11.8 Å². The van der Waals surface area contributed by atoms with Crippen molar-refractivity contribution >= 4 is 11.8 Å². The van der Waals surface area contributed by atoms with Gasteiger partial charge >= 0.3 is 5.97 Å². The predicted molar refractivity (Wildman–Crippen MR) is 121 cm³/mol. The van der Waals surface area contributed by atoms with Crippen molar-refractivity contribution in [3.63, 3.8) is 0 Å². The summed E-state index contributed by atoms with van der Waals surface area (Å²) >= 11 is 0. The molecule has 0 aromatic rings. The molecular weight excluding hydrogens is 388 g/mol. The number of hydrogen-bond acceptors (Lipinski definition) is 3. The van der Waals surface area contributed by atoms with Gasteiger partial charge in [0.2, 0.25) is 0 Å². The van der Waals surface area contributed by atoms with Crippen LogP contribution >= 0.6 is 0 Å². The van der Waals surface area contributed by atoms with Crippen molar-refractivity contribution in [2.45, 2.75) is 98.5 Å². The van der Waals surface area contributed by atoms with E-state index in [1.807, 2.05) is 6.92 Å². The minimum Gasteiger partial charge on any atom is -0.481 e. The molecule has 176 valence electrons. The van der Waals surface area contributed by atoms with Gasteiger partial charge in [-0.2, -0.15) is 0 Å². The lowest BCUT2D eigenvalue weighted by Gasteiger charge is -2.62. The Morgan fingerprint density at radius 2 is 1.68 bits per heavy atom. The molecule has 4 heteroatoms. The lowest BCUT2D eigenvalue weighted by atomic mass is 9.42. The highest BCUT2D eigenvalue weighted by Gasteiger charge is 2.65. The fourth-order valence-corrected chi connectivity index (χ4v) is 9.43. The molecule has 4 aliphatic carbocycles. The maximum atomic E-state index is 14.0. The van der Waals surface area contributed by atoms with E-state index in [2.05, 4.69) is 27.7 Å². The highest BCUT2D eigenvalue weighted by atomic mass is 16.4. The molecule has 0 aromatic heterocycles. The molecule has 11 atom stereocenters. The molecule has 0 bridgehead atoms. The van der Waals surface area contributed by atoms with Crippen molar-refractivity contribution in [2.24, 2.45) is 58.2 Å². The number of ketones is 1. The molecule has 4 rings (SSSR count). The van der Waals surface area contributed by atoms with Gasteiger partial charge in [-0.05, 0) is 98.2 Å². The molecule has 0 radical (unpaired) electrons. The number of Topliss-reactive ketones (excluding diaryl/α,β-unsaturated/α-hetero) is 1. The third kappa shape index (κ3) is 3.50. The van der Waals surface area contributed by atoms with E-state index < -0.39 is 5.97 Å². The van der Waals surface area contributed by atoms with E-state index >= 15 is 0 Å². The number of carbonyl (C=O) groups excluding carboxylic acids is 1. The first kappa shape index (κ1) is 23.3. The van der Waals surface area contributed by atoms with Gasteiger partial charge in [0.05, 0.1) is 12.0 Å². The Kier molecular flexibility index (Phi) is 6.12. The average Bonchev–Trinajstić information content (AvgIpc) is 3.06. The topological polar surface area (TPSA) is 74.6 Å². The van der Waals surface area contributed by atoms with Crippen LogP contribution in [0.2, 0.25) is 0 Å². The number of carboxylic acids is 1. The summed E-state index contributed by atoms with van der Waals surface area (Å²) in [6.07, 6.45) is 8.70. The monoisotopic (exact) mass is 432 g/mol. The summed E-state index contributed by atoms with van der Waals surface area (Å²) in [5.74, 6) is 1.94. The van der Waals surface area contributed by atoms with Crippen molar-refractivity contribution in [3.05, 3.63) is 0 Å². The Morgan fingerprint density at radius 3 is 2.32 bits per heavy atom. The normalized spacial score (nSPS) is 49.0. The number of aliphatic carboxylic acids is 1. The highest BCUT2D eigenvalue weighted by Crippen LogP contribution is 2.68. The van der Waals surface area contributed by atoms with Crippen LogP contribution in [-0.4, -0.2) is 28.1 Å². The summed E-state index contributed by atoms with van der Waals surface area (Å²) in [4.78, 5) is 25.4. The quantitative estimate of drug-likeness (QED) is 0.596. The van der Waals surface area contributed by atoms with Crippen molar-refractivity contribution < 1.29 is 19.8 Å². The Labute approximate surface area is 188 Å². The van der Waals surface area contributed by atoms with Crippen LogP contribution in [-0.2, 0) is 9.59 Å². The molecule has 31 heavy (non-hydrogen) atoms. The van der Waals surface area contributed by atoms with Crippen LogP contribution in [0.15, 0.2) is 0 Å². The van der Waals surface area contributed by atoms with Crippen molar-refractivity contribution in [1.82, 2.24) is 0 Å². The fourth-order valence-electron chi connectivity index (χ4n) is 9.43. The molecule has 0 heterocycles. The second-order valence-electron chi connectivity index (χ2n) is 12.4. The number of aliphatic hydroxyl groups excluding tert-OH is 1. The van der Waals surface area contributed by atoms with E-state index in [9.17, 15) is 19.8 Å². The first-order valence-corrected chi connectivity index (χ1v) is 13.0.